The number of rotatable bonds is 12. The lowest BCUT2D eigenvalue weighted by Crippen LogP contribution is -2.32. The third-order valence-electron chi connectivity index (χ3n) is 5.87. The second kappa shape index (κ2) is 13.7. The molecule has 4 rings (SSSR count). The molecule has 2 N–H and O–H groups in total. The van der Waals surface area contributed by atoms with Crippen molar-refractivity contribution in [1.29, 1.82) is 5.26 Å². The van der Waals surface area contributed by atoms with Gasteiger partial charge in [0.1, 0.15) is 22.8 Å². The highest BCUT2D eigenvalue weighted by atomic mass is 35.5. The van der Waals surface area contributed by atoms with Crippen molar-refractivity contribution in [1.82, 2.24) is 4.72 Å². The van der Waals surface area contributed by atoms with Crippen LogP contribution in [0.2, 0.25) is 10.0 Å². The molecule has 1 unspecified atom stereocenters. The number of hydrogen-bond donors (Lipinski definition) is 2. The Morgan fingerprint density at radius 2 is 1.88 bits per heavy atom. The number of nitrogens with one attached hydrogen (secondary N) is 1. The van der Waals surface area contributed by atoms with Gasteiger partial charge in [0.25, 0.3) is 10.0 Å². The molecule has 0 aliphatic heterocycles. The number of nitriles is 1. The van der Waals surface area contributed by atoms with Crippen LogP contribution in [-0.4, -0.2) is 25.3 Å². The topological polar surface area (TPSA) is 120 Å². The van der Waals surface area contributed by atoms with E-state index in [0.717, 1.165) is 47.8 Å². The summed E-state index contributed by atoms with van der Waals surface area (Å²) in [6.45, 7) is 0.855. The van der Waals surface area contributed by atoms with Crippen LogP contribution in [0.25, 0.3) is 10.1 Å². The lowest BCUT2D eigenvalue weighted by atomic mass is 10.1. The van der Waals surface area contributed by atoms with E-state index in [2.05, 4.69) is 4.57 Å². The Morgan fingerprint density at radius 1 is 1.16 bits per heavy atom. The van der Waals surface area contributed by atoms with Gasteiger partial charge in [-0.2, -0.15) is 34.9 Å². The van der Waals surface area contributed by atoms with Crippen LogP contribution in [-0.2, 0) is 33.1 Å². The number of alkyl halides is 3. The van der Waals surface area contributed by atoms with Gasteiger partial charge in [0, 0.05) is 29.7 Å². The van der Waals surface area contributed by atoms with Crippen molar-refractivity contribution in [2.24, 2.45) is 0 Å². The van der Waals surface area contributed by atoms with Gasteiger partial charge in [-0.1, -0.05) is 29.3 Å². The first-order valence-corrected chi connectivity index (χ1v) is 18.2. The van der Waals surface area contributed by atoms with Crippen molar-refractivity contribution in [3.8, 4) is 11.8 Å². The summed E-state index contributed by atoms with van der Waals surface area (Å²) in [4.78, 5) is 10.2. The summed E-state index contributed by atoms with van der Waals surface area (Å²) < 4.78 is 87.1. The van der Waals surface area contributed by atoms with Crippen molar-refractivity contribution >= 4 is 74.0 Å². The van der Waals surface area contributed by atoms with E-state index in [1.807, 2.05) is 35.3 Å². The standard InChI is InChI=1S/C26H21Cl2F3N3O5PS3/c27-22-11-18(15-41-10-4-9-34-7-2-1-3-8-34)24(28)20-13-23(42-25(20)22)43(37,38)33-16-40(35,36)39-19-6-5-17(14-32)21(12-19)26(29,30)31/h1-3,5-8,11-13,33H,4,9-10,15-16H2/p+1. The Balaban J connectivity index is 1.43. The van der Waals surface area contributed by atoms with Crippen molar-refractivity contribution in [3.05, 3.63) is 87.7 Å². The molecular formula is C26H22Cl2F3N3O5PS3+. The van der Waals surface area contributed by atoms with Crippen LogP contribution < -0.4 is 13.8 Å². The van der Waals surface area contributed by atoms with E-state index in [0.29, 0.717) is 32.0 Å². The average Bonchev–Trinajstić information content (AvgIpc) is 3.42. The summed E-state index contributed by atoms with van der Waals surface area (Å²) >= 11 is 15.5. The maximum Gasteiger partial charge on any atom is 0.417 e. The highest BCUT2D eigenvalue weighted by Gasteiger charge is 2.35. The number of benzene rings is 2. The first-order valence-electron chi connectivity index (χ1n) is 12.2. The van der Waals surface area contributed by atoms with Crippen LogP contribution in [0.4, 0.5) is 13.2 Å². The summed E-state index contributed by atoms with van der Waals surface area (Å²) in [6.07, 6.45) is -1.17. The fourth-order valence-electron chi connectivity index (χ4n) is 3.86. The van der Waals surface area contributed by atoms with Gasteiger partial charge >= 0.3 is 13.8 Å². The maximum absolute atomic E-state index is 13.2. The van der Waals surface area contributed by atoms with Crippen molar-refractivity contribution in [3.63, 3.8) is 0 Å². The van der Waals surface area contributed by atoms with Crippen molar-refractivity contribution in [2.45, 2.75) is 29.1 Å². The van der Waals surface area contributed by atoms with Crippen LogP contribution in [0, 0.1) is 11.3 Å². The minimum atomic E-state index is -4.92. The number of thiophene rings is 1. The molecular weight excluding hydrogens is 689 g/mol. The number of aromatic nitrogens is 1. The summed E-state index contributed by atoms with van der Waals surface area (Å²) in [6, 6.07) is 12.3. The number of aryl methyl sites for hydroxylation is 1. The van der Waals surface area contributed by atoms with Gasteiger partial charge in [0.2, 0.25) is 0 Å². The number of nitrogens with zero attached hydrogens (tertiary/aromatic N) is 2. The molecule has 2 aromatic carbocycles. The third-order valence-corrected chi connectivity index (χ3v) is 12.1. The van der Waals surface area contributed by atoms with Gasteiger partial charge in [-0.15, -0.1) is 11.3 Å². The zero-order chi connectivity index (χ0) is 31.4. The van der Waals surface area contributed by atoms with Crippen LogP contribution in [0.1, 0.15) is 23.1 Å². The normalized spacial score (nSPS) is 13.5. The van der Waals surface area contributed by atoms with Crippen molar-refractivity contribution < 1.29 is 40.1 Å². The fourth-order valence-corrected chi connectivity index (χ4v) is 9.47. The molecule has 0 saturated carbocycles. The highest BCUT2D eigenvalue weighted by Crippen LogP contribution is 2.45. The van der Waals surface area contributed by atoms with Gasteiger partial charge in [-0.05, 0) is 41.6 Å². The monoisotopic (exact) mass is 710 g/mol. The minimum Gasteiger partial charge on any atom is -0.424 e. The quantitative estimate of drug-likeness (QED) is 0.0906. The van der Waals surface area contributed by atoms with E-state index >= 15 is 0 Å². The molecule has 2 aromatic heterocycles. The second-order valence-electron chi connectivity index (χ2n) is 9.01. The molecule has 4 aromatic rings. The van der Waals surface area contributed by atoms with Crippen molar-refractivity contribution in [2.75, 3.05) is 12.0 Å². The molecule has 0 spiro atoms. The van der Waals surface area contributed by atoms with Gasteiger partial charge in [0.05, 0.1) is 31.9 Å². The molecule has 0 fully saturated rings. The molecule has 0 bridgehead atoms. The Hall–Kier alpha value is -2.34. The zero-order valence-electron chi connectivity index (χ0n) is 21.8. The first kappa shape index (κ1) is 33.6. The molecule has 0 saturated heterocycles. The van der Waals surface area contributed by atoms with E-state index in [1.54, 1.807) is 17.8 Å². The summed E-state index contributed by atoms with van der Waals surface area (Å²) in [7, 11) is -9.20. The fraction of sp³-hybridized carbons (Fsp3) is 0.231. The highest BCUT2D eigenvalue weighted by molar-refractivity contribution is 7.98. The number of pyridine rings is 1. The molecule has 17 heteroatoms. The molecule has 0 aliphatic carbocycles. The summed E-state index contributed by atoms with van der Waals surface area (Å²) in [5.74, 6) is 0.728. The predicted octanol–water partition coefficient (Wildman–Crippen LogP) is 7.21. The number of thioether (sulfide) groups is 1. The molecule has 1 atom stereocenters. The van der Waals surface area contributed by atoms with E-state index in [9.17, 15) is 31.0 Å². The number of halogens is 5. The molecule has 0 aliphatic rings. The molecule has 2 heterocycles. The van der Waals surface area contributed by atoms with E-state index in [-0.39, 0.29) is 4.21 Å². The van der Waals surface area contributed by atoms with Gasteiger partial charge in [0.15, 0.2) is 12.4 Å². The van der Waals surface area contributed by atoms with Gasteiger partial charge in [-0.3, -0.25) is 0 Å². The van der Waals surface area contributed by atoms with E-state index in [1.165, 1.54) is 12.1 Å². The van der Waals surface area contributed by atoms with Gasteiger partial charge < -0.3 is 9.42 Å². The van der Waals surface area contributed by atoms with E-state index < -0.39 is 47.0 Å². The lowest BCUT2D eigenvalue weighted by molar-refractivity contribution is -0.696. The second-order valence-corrected chi connectivity index (χ2v) is 15.7. The minimum absolute atomic E-state index is 0.242. The SMILES string of the molecule is N#Cc1ccc(OP(=O)(O)CNS(=O)(=O)c2cc3c(Cl)c(CSCCC[n+]4ccccc4)cc(Cl)c3s2)cc1C(F)(F)F. The first-order chi connectivity index (χ1) is 20.2. The summed E-state index contributed by atoms with van der Waals surface area (Å²) in [5.41, 5.74) is -1.35. The zero-order valence-corrected chi connectivity index (χ0v) is 26.7. The lowest BCUT2D eigenvalue weighted by Gasteiger charge is -2.16. The molecule has 228 valence electrons. The third kappa shape index (κ3) is 8.65. The van der Waals surface area contributed by atoms with Crippen LogP contribution in [0.5, 0.6) is 5.75 Å². The average molecular weight is 712 g/mol. The van der Waals surface area contributed by atoms with Crippen LogP contribution in [0.3, 0.4) is 0 Å². The number of hydrogen-bond acceptors (Lipinski definition) is 7. The Kier molecular flexibility index (Phi) is 10.7. The smallest absolute Gasteiger partial charge is 0.417 e. The van der Waals surface area contributed by atoms with Crippen LogP contribution in [0.15, 0.2) is 65.1 Å². The molecule has 43 heavy (non-hydrogen) atoms. The van der Waals surface area contributed by atoms with Gasteiger partial charge in [-0.25, -0.2) is 17.5 Å². The Labute approximate surface area is 263 Å². The molecule has 0 radical (unpaired) electrons. The number of sulfonamides is 1. The largest absolute Gasteiger partial charge is 0.424 e. The molecule has 0 amide bonds. The predicted molar refractivity (Wildman–Crippen MR) is 161 cm³/mol. The Morgan fingerprint density at radius 3 is 2.56 bits per heavy atom. The molecule has 8 nitrogen and oxygen atoms in total. The summed E-state index contributed by atoms with van der Waals surface area (Å²) in [5, 5.41) is 9.92. The van der Waals surface area contributed by atoms with E-state index in [4.69, 9.17) is 33.0 Å². The Bertz CT molecular complexity index is 1840. The number of fused-ring (bicyclic) bond motifs is 1. The van der Waals surface area contributed by atoms with Crippen LogP contribution >= 0.6 is 53.9 Å². The maximum atomic E-state index is 13.2.